The Morgan fingerprint density at radius 3 is 2.91 bits per heavy atom. The summed E-state index contributed by atoms with van der Waals surface area (Å²) in [5, 5.41) is 8.26. The molecular weight excluding hydrogens is 422 g/mol. The first kappa shape index (κ1) is 22.3. The van der Waals surface area contributed by atoms with Crippen molar-refractivity contribution in [1.29, 1.82) is 0 Å². The lowest BCUT2D eigenvalue weighted by Crippen LogP contribution is -2.46. The predicted octanol–water partition coefficient (Wildman–Crippen LogP) is 0.694. The van der Waals surface area contributed by atoms with Gasteiger partial charge in [-0.25, -0.2) is 15.5 Å². The molecule has 4 rings (SSSR count). The number of nitrogens with zero attached hydrogens (tertiary/aromatic N) is 3. The molecule has 0 bridgehead atoms. The Hall–Kier alpha value is -3.92. The SMILES string of the molecule is Cc1cnc(NCCc2cccc3ccccc23)c(=O)n1CC(=O)NCC1CN=C(N)NO1. The molecule has 0 fully saturated rings. The van der Waals surface area contributed by atoms with Crippen LogP contribution in [0.15, 0.2) is 58.4 Å². The van der Waals surface area contributed by atoms with E-state index in [1.807, 2.05) is 18.2 Å². The van der Waals surface area contributed by atoms with Gasteiger partial charge in [0.15, 0.2) is 5.82 Å². The van der Waals surface area contributed by atoms with Gasteiger partial charge in [0.25, 0.3) is 5.56 Å². The van der Waals surface area contributed by atoms with Crippen LogP contribution in [-0.2, 0) is 22.6 Å². The number of aromatic nitrogens is 2. The number of hydrogen-bond donors (Lipinski definition) is 4. The lowest BCUT2D eigenvalue weighted by molar-refractivity contribution is -0.122. The van der Waals surface area contributed by atoms with E-state index in [9.17, 15) is 9.59 Å². The Balaban J connectivity index is 1.36. The molecule has 0 aliphatic carbocycles. The standard InChI is InChI=1S/C23H27N7O3/c1-15-11-27-21(25-10-9-17-7-4-6-16-5-2-3-8-19(16)17)22(32)30(15)14-20(31)26-12-18-13-28-23(24)29-33-18/h2-8,11,18H,9-10,12-14H2,1H3,(H,25,27)(H,26,31)(H3,24,28,29). The number of rotatable bonds is 8. The van der Waals surface area contributed by atoms with Gasteiger partial charge in [-0.15, -0.1) is 0 Å². The maximum absolute atomic E-state index is 12.9. The third-order valence-corrected chi connectivity index (χ3v) is 5.44. The summed E-state index contributed by atoms with van der Waals surface area (Å²) in [7, 11) is 0. The van der Waals surface area contributed by atoms with E-state index in [2.05, 4.69) is 50.4 Å². The van der Waals surface area contributed by atoms with Crippen molar-refractivity contribution >= 4 is 28.5 Å². The third-order valence-electron chi connectivity index (χ3n) is 5.44. The Morgan fingerprint density at radius 2 is 2.09 bits per heavy atom. The fourth-order valence-corrected chi connectivity index (χ4v) is 3.66. The second kappa shape index (κ2) is 10.1. The first-order valence-electron chi connectivity index (χ1n) is 10.8. The quantitative estimate of drug-likeness (QED) is 0.397. The number of aryl methyl sites for hydroxylation is 1. The molecule has 33 heavy (non-hydrogen) atoms. The van der Waals surface area contributed by atoms with Crippen LogP contribution in [0.2, 0.25) is 0 Å². The van der Waals surface area contributed by atoms with Gasteiger partial charge < -0.3 is 16.4 Å². The molecule has 1 aliphatic heterocycles. The largest absolute Gasteiger partial charge is 0.368 e. The Bertz CT molecular complexity index is 1230. The van der Waals surface area contributed by atoms with Crippen LogP contribution in [0.1, 0.15) is 11.3 Å². The molecule has 10 nitrogen and oxygen atoms in total. The van der Waals surface area contributed by atoms with E-state index in [1.165, 1.54) is 20.9 Å². The van der Waals surface area contributed by atoms with Gasteiger partial charge in [0.1, 0.15) is 12.6 Å². The minimum atomic E-state index is -0.337. The predicted molar refractivity (Wildman–Crippen MR) is 127 cm³/mol. The summed E-state index contributed by atoms with van der Waals surface area (Å²) < 4.78 is 1.40. The number of carbonyl (C=O) groups excluding carboxylic acids is 1. The van der Waals surface area contributed by atoms with Crippen molar-refractivity contribution in [2.45, 2.75) is 26.0 Å². The second-order valence-corrected chi connectivity index (χ2v) is 7.83. The summed E-state index contributed by atoms with van der Waals surface area (Å²) in [5.74, 6) is 0.120. The van der Waals surface area contributed by atoms with Crippen LogP contribution in [0.3, 0.4) is 0 Å². The number of anilines is 1. The van der Waals surface area contributed by atoms with Gasteiger partial charge in [-0.05, 0) is 29.7 Å². The smallest absolute Gasteiger partial charge is 0.293 e. The molecule has 5 N–H and O–H groups in total. The molecule has 0 saturated heterocycles. The molecule has 0 radical (unpaired) electrons. The molecular formula is C23H27N7O3. The minimum absolute atomic E-state index is 0.114. The van der Waals surface area contributed by atoms with Gasteiger partial charge in [0, 0.05) is 25.0 Å². The van der Waals surface area contributed by atoms with Crippen molar-refractivity contribution in [2.75, 3.05) is 25.0 Å². The van der Waals surface area contributed by atoms with Crippen molar-refractivity contribution in [3.8, 4) is 0 Å². The molecule has 1 aliphatic rings. The highest BCUT2D eigenvalue weighted by Crippen LogP contribution is 2.18. The van der Waals surface area contributed by atoms with Gasteiger partial charge in [-0.3, -0.25) is 19.0 Å². The van der Waals surface area contributed by atoms with Gasteiger partial charge in [-0.1, -0.05) is 42.5 Å². The van der Waals surface area contributed by atoms with Crippen LogP contribution in [0, 0.1) is 6.92 Å². The van der Waals surface area contributed by atoms with E-state index < -0.39 is 0 Å². The molecule has 1 aromatic heterocycles. The van der Waals surface area contributed by atoms with E-state index in [0.29, 0.717) is 18.8 Å². The van der Waals surface area contributed by atoms with E-state index >= 15 is 0 Å². The number of amides is 1. The van der Waals surface area contributed by atoms with Crippen LogP contribution in [0.5, 0.6) is 0 Å². The van der Waals surface area contributed by atoms with Crippen molar-refractivity contribution in [3.05, 3.63) is 70.3 Å². The Labute approximate surface area is 190 Å². The maximum Gasteiger partial charge on any atom is 0.293 e. The van der Waals surface area contributed by atoms with Crippen LogP contribution in [0.4, 0.5) is 5.82 Å². The van der Waals surface area contributed by atoms with Crippen LogP contribution < -0.4 is 27.4 Å². The number of guanidine groups is 1. The van der Waals surface area contributed by atoms with E-state index in [0.717, 1.165) is 6.42 Å². The van der Waals surface area contributed by atoms with E-state index in [1.54, 1.807) is 13.1 Å². The van der Waals surface area contributed by atoms with Crippen molar-refractivity contribution < 1.29 is 9.63 Å². The average Bonchev–Trinajstić information content (AvgIpc) is 2.83. The molecule has 1 amide bonds. The molecule has 1 unspecified atom stereocenters. The van der Waals surface area contributed by atoms with Crippen LogP contribution >= 0.6 is 0 Å². The highest BCUT2D eigenvalue weighted by molar-refractivity contribution is 5.85. The molecule has 0 spiro atoms. The number of fused-ring (bicyclic) bond motifs is 1. The number of nitrogens with two attached hydrogens (primary N) is 1. The summed E-state index contributed by atoms with van der Waals surface area (Å²) in [6.45, 7) is 2.76. The summed E-state index contributed by atoms with van der Waals surface area (Å²) in [6, 6.07) is 14.4. The molecule has 172 valence electrons. The summed E-state index contributed by atoms with van der Waals surface area (Å²) in [4.78, 5) is 38.8. The molecule has 1 atom stereocenters. The molecule has 2 aromatic carbocycles. The maximum atomic E-state index is 12.9. The molecule has 10 heteroatoms. The topological polar surface area (TPSA) is 136 Å². The van der Waals surface area contributed by atoms with Gasteiger partial charge in [-0.2, -0.15) is 0 Å². The van der Waals surface area contributed by atoms with Gasteiger partial charge in [0.2, 0.25) is 11.9 Å². The Morgan fingerprint density at radius 1 is 1.27 bits per heavy atom. The number of aliphatic imine (C=N–C) groups is 1. The number of hydrogen-bond acceptors (Lipinski definition) is 8. The highest BCUT2D eigenvalue weighted by atomic mass is 16.7. The molecule has 2 heterocycles. The van der Waals surface area contributed by atoms with Crippen LogP contribution in [-0.4, -0.2) is 47.2 Å². The van der Waals surface area contributed by atoms with Crippen molar-refractivity contribution in [1.82, 2.24) is 20.3 Å². The summed E-state index contributed by atoms with van der Waals surface area (Å²) in [5.41, 5.74) is 9.40. The van der Waals surface area contributed by atoms with E-state index in [4.69, 9.17) is 10.6 Å². The number of benzene rings is 2. The highest BCUT2D eigenvalue weighted by Gasteiger charge is 2.17. The first-order valence-corrected chi connectivity index (χ1v) is 10.8. The third kappa shape index (κ3) is 5.47. The summed E-state index contributed by atoms with van der Waals surface area (Å²) >= 11 is 0. The number of carbonyl (C=O) groups is 1. The average molecular weight is 450 g/mol. The van der Waals surface area contributed by atoms with Crippen molar-refractivity contribution in [2.24, 2.45) is 10.7 Å². The normalized spacial score (nSPS) is 15.5. The monoisotopic (exact) mass is 449 g/mol. The fraction of sp³-hybridized carbons (Fsp3) is 0.304. The zero-order valence-electron chi connectivity index (χ0n) is 18.4. The number of hydroxylamine groups is 1. The second-order valence-electron chi connectivity index (χ2n) is 7.83. The van der Waals surface area contributed by atoms with Crippen LogP contribution in [0.25, 0.3) is 10.8 Å². The van der Waals surface area contributed by atoms with E-state index in [-0.39, 0.29) is 42.4 Å². The summed E-state index contributed by atoms with van der Waals surface area (Å²) in [6.07, 6.45) is 1.99. The molecule has 0 saturated carbocycles. The van der Waals surface area contributed by atoms with Crippen molar-refractivity contribution in [3.63, 3.8) is 0 Å². The van der Waals surface area contributed by atoms with Gasteiger partial charge >= 0.3 is 0 Å². The number of nitrogens with one attached hydrogen (secondary N) is 3. The zero-order valence-corrected chi connectivity index (χ0v) is 18.4. The molecule has 3 aromatic rings. The van der Waals surface area contributed by atoms with Gasteiger partial charge in [0.05, 0.1) is 6.54 Å². The lowest BCUT2D eigenvalue weighted by atomic mass is 10.0. The fourth-order valence-electron chi connectivity index (χ4n) is 3.66. The Kier molecular flexibility index (Phi) is 6.84. The lowest BCUT2D eigenvalue weighted by Gasteiger charge is -2.21. The first-order chi connectivity index (χ1) is 16.0. The minimum Gasteiger partial charge on any atom is -0.368 e. The zero-order chi connectivity index (χ0) is 23.2.